The second-order valence-corrected chi connectivity index (χ2v) is 5.15. The molecule has 0 saturated carbocycles. The topological polar surface area (TPSA) is 64.3 Å². The van der Waals surface area contributed by atoms with Gasteiger partial charge in [0.25, 0.3) is 0 Å². The summed E-state index contributed by atoms with van der Waals surface area (Å²) < 4.78 is 5.39. The van der Waals surface area contributed by atoms with E-state index in [-0.39, 0.29) is 11.9 Å². The molecule has 2 aromatic carbocycles. The number of hydrogen-bond acceptors (Lipinski definition) is 3. The molecular weight excluding hydrogens is 276 g/mol. The van der Waals surface area contributed by atoms with Crippen LogP contribution in [0.3, 0.4) is 0 Å². The monoisotopic (exact) mass is 298 g/mol. The molecule has 0 spiro atoms. The van der Waals surface area contributed by atoms with Gasteiger partial charge in [0.15, 0.2) is 0 Å². The molecule has 0 aliphatic carbocycles. The number of carbonyl (C=O) groups is 1. The fourth-order valence-electron chi connectivity index (χ4n) is 2.36. The lowest BCUT2D eigenvalue weighted by molar-refractivity contribution is -0.121. The summed E-state index contributed by atoms with van der Waals surface area (Å²) >= 11 is 0. The van der Waals surface area contributed by atoms with Gasteiger partial charge in [-0.3, -0.25) is 4.79 Å². The van der Waals surface area contributed by atoms with E-state index in [1.807, 2.05) is 55.5 Å². The number of nitrogens with one attached hydrogen (secondary N) is 1. The van der Waals surface area contributed by atoms with E-state index in [9.17, 15) is 4.79 Å². The fourth-order valence-corrected chi connectivity index (χ4v) is 2.36. The predicted octanol–water partition coefficient (Wildman–Crippen LogP) is 2.89. The number of ether oxygens (including phenoxy) is 1. The first kappa shape index (κ1) is 16.0. The summed E-state index contributed by atoms with van der Waals surface area (Å²) in [4.78, 5) is 11.6. The van der Waals surface area contributed by atoms with E-state index in [1.54, 1.807) is 7.11 Å². The van der Waals surface area contributed by atoms with E-state index in [0.29, 0.717) is 13.0 Å². The van der Waals surface area contributed by atoms with Crippen molar-refractivity contribution in [2.75, 3.05) is 13.7 Å². The molecule has 0 heterocycles. The Balaban J connectivity index is 2.15. The normalized spacial score (nSPS) is 11.8. The van der Waals surface area contributed by atoms with Crippen molar-refractivity contribution in [1.82, 2.24) is 5.32 Å². The van der Waals surface area contributed by atoms with Crippen LogP contribution < -0.4 is 15.8 Å². The molecule has 1 unspecified atom stereocenters. The molecule has 0 bridgehead atoms. The lowest BCUT2D eigenvalue weighted by Gasteiger charge is -2.15. The SMILES string of the molecule is COc1ccccc1-c1ccc(C(C)NC(=O)CCN)cc1. The van der Waals surface area contributed by atoms with E-state index in [2.05, 4.69) is 5.32 Å². The average molecular weight is 298 g/mol. The number of amides is 1. The minimum Gasteiger partial charge on any atom is -0.496 e. The third-order valence-electron chi connectivity index (χ3n) is 3.58. The van der Waals surface area contributed by atoms with Crippen LogP contribution in [0, 0.1) is 0 Å². The van der Waals surface area contributed by atoms with E-state index in [0.717, 1.165) is 22.4 Å². The van der Waals surface area contributed by atoms with E-state index in [1.165, 1.54) is 0 Å². The highest BCUT2D eigenvalue weighted by Crippen LogP contribution is 2.30. The van der Waals surface area contributed by atoms with Crippen molar-refractivity contribution in [1.29, 1.82) is 0 Å². The summed E-state index contributed by atoms with van der Waals surface area (Å²) in [5.74, 6) is 0.823. The van der Waals surface area contributed by atoms with Gasteiger partial charge in [0, 0.05) is 18.5 Å². The summed E-state index contributed by atoms with van der Waals surface area (Å²) in [5, 5.41) is 2.94. The Hall–Kier alpha value is -2.33. The smallest absolute Gasteiger partial charge is 0.221 e. The first-order valence-corrected chi connectivity index (χ1v) is 7.38. The number of methoxy groups -OCH3 is 1. The summed E-state index contributed by atoms with van der Waals surface area (Å²) in [7, 11) is 1.67. The van der Waals surface area contributed by atoms with Gasteiger partial charge in [-0.15, -0.1) is 0 Å². The molecule has 4 heteroatoms. The Morgan fingerprint density at radius 1 is 1.18 bits per heavy atom. The van der Waals surface area contributed by atoms with Gasteiger partial charge in [-0.1, -0.05) is 42.5 Å². The molecule has 22 heavy (non-hydrogen) atoms. The molecule has 0 fully saturated rings. The maximum Gasteiger partial charge on any atom is 0.221 e. The first-order chi connectivity index (χ1) is 10.7. The highest BCUT2D eigenvalue weighted by molar-refractivity contribution is 5.76. The predicted molar refractivity (Wildman–Crippen MR) is 88.7 cm³/mol. The van der Waals surface area contributed by atoms with Crippen molar-refractivity contribution >= 4 is 5.91 Å². The number of hydrogen-bond donors (Lipinski definition) is 2. The van der Waals surface area contributed by atoms with Crippen LogP contribution in [0.2, 0.25) is 0 Å². The van der Waals surface area contributed by atoms with Gasteiger partial charge in [-0.2, -0.15) is 0 Å². The molecule has 1 atom stereocenters. The number of para-hydroxylation sites is 1. The standard InChI is InChI=1S/C18H22N2O2/c1-13(20-18(21)11-12-19)14-7-9-15(10-8-14)16-5-3-4-6-17(16)22-2/h3-10,13H,11-12,19H2,1-2H3,(H,20,21). The lowest BCUT2D eigenvalue weighted by atomic mass is 10.0. The maximum absolute atomic E-state index is 11.6. The van der Waals surface area contributed by atoms with Crippen LogP contribution in [0.15, 0.2) is 48.5 Å². The molecule has 0 aliphatic heterocycles. The Morgan fingerprint density at radius 2 is 1.86 bits per heavy atom. The number of carbonyl (C=O) groups excluding carboxylic acids is 1. The molecule has 2 aromatic rings. The van der Waals surface area contributed by atoms with Crippen molar-refractivity contribution in [2.24, 2.45) is 5.73 Å². The van der Waals surface area contributed by atoms with Crippen molar-refractivity contribution in [2.45, 2.75) is 19.4 Å². The third-order valence-corrected chi connectivity index (χ3v) is 3.58. The van der Waals surface area contributed by atoms with Crippen LogP contribution in [0.5, 0.6) is 5.75 Å². The molecular formula is C18H22N2O2. The molecule has 2 rings (SSSR count). The first-order valence-electron chi connectivity index (χ1n) is 7.38. The van der Waals surface area contributed by atoms with Crippen LogP contribution in [0.4, 0.5) is 0 Å². The molecule has 0 saturated heterocycles. The molecule has 0 aromatic heterocycles. The van der Waals surface area contributed by atoms with Gasteiger partial charge in [-0.25, -0.2) is 0 Å². The van der Waals surface area contributed by atoms with Crippen molar-refractivity contribution in [3.05, 3.63) is 54.1 Å². The molecule has 116 valence electrons. The second-order valence-electron chi connectivity index (χ2n) is 5.15. The lowest BCUT2D eigenvalue weighted by Crippen LogP contribution is -2.28. The third kappa shape index (κ3) is 3.86. The summed E-state index contributed by atoms with van der Waals surface area (Å²) in [6, 6.07) is 16.0. The van der Waals surface area contributed by atoms with Gasteiger partial charge in [-0.05, 0) is 24.1 Å². The summed E-state index contributed by atoms with van der Waals surface area (Å²) in [6.07, 6.45) is 0.351. The fraction of sp³-hybridized carbons (Fsp3) is 0.278. The van der Waals surface area contributed by atoms with E-state index in [4.69, 9.17) is 10.5 Å². The van der Waals surface area contributed by atoms with E-state index >= 15 is 0 Å². The van der Waals surface area contributed by atoms with Crippen LogP contribution in [0.25, 0.3) is 11.1 Å². The molecule has 0 aliphatic rings. The summed E-state index contributed by atoms with van der Waals surface area (Å²) in [6.45, 7) is 2.33. The Bertz CT molecular complexity index is 623. The zero-order valence-electron chi connectivity index (χ0n) is 13.0. The Morgan fingerprint density at radius 3 is 2.50 bits per heavy atom. The average Bonchev–Trinajstić information content (AvgIpc) is 2.55. The van der Waals surface area contributed by atoms with E-state index < -0.39 is 0 Å². The molecule has 4 nitrogen and oxygen atoms in total. The van der Waals surface area contributed by atoms with Crippen molar-refractivity contribution in [3.63, 3.8) is 0 Å². The number of rotatable bonds is 6. The molecule has 1 amide bonds. The minimum atomic E-state index is -0.0363. The summed E-state index contributed by atoms with van der Waals surface area (Å²) in [5.41, 5.74) is 8.58. The highest BCUT2D eigenvalue weighted by Gasteiger charge is 2.10. The molecule has 3 N–H and O–H groups in total. The number of nitrogens with two attached hydrogens (primary N) is 1. The number of benzene rings is 2. The van der Waals surface area contributed by atoms with Gasteiger partial charge >= 0.3 is 0 Å². The van der Waals surface area contributed by atoms with Crippen LogP contribution in [-0.2, 0) is 4.79 Å². The Labute approximate surface area is 131 Å². The molecule has 0 radical (unpaired) electrons. The quantitative estimate of drug-likeness (QED) is 0.862. The largest absolute Gasteiger partial charge is 0.496 e. The maximum atomic E-state index is 11.6. The Kier molecular flexibility index (Phi) is 5.55. The zero-order valence-corrected chi connectivity index (χ0v) is 13.0. The van der Waals surface area contributed by atoms with Gasteiger partial charge in [0.2, 0.25) is 5.91 Å². The minimum absolute atomic E-state index is 0.0243. The van der Waals surface area contributed by atoms with Crippen LogP contribution in [0.1, 0.15) is 24.9 Å². The van der Waals surface area contributed by atoms with Crippen molar-refractivity contribution < 1.29 is 9.53 Å². The second kappa shape index (κ2) is 7.61. The zero-order chi connectivity index (χ0) is 15.9. The van der Waals surface area contributed by atoms with Crippen LogP contribution >= 0.6 is 0 Å². The highest BCUT2D eigenvalue weighted by atomic mass is 16.5. The van der Waals surface area contributed by atoms with Gasteiger partial charge in [0.1, 0.15) is 5.75 Å². The van der Waals surface area contributed by atoms with Gasteiger partial charge in [0.05, 0.1) is 13.2 Å². The van der Waals surface area contributed by atoms with Crippen molar-refractivity contribution in [3.8, 4) is 16.9 Å². The van der Waals surface area contributed by atoms with Crippen LogP contribution in [-0.4, -0.2) is 19.6 Å². The van der Waals surface area contributed by atoms with Gasteiger partial charge < -0.3 is 15.8 Å².